The van der Waals surface area contributed by atoms with E-state index < -0.39 is 8.25 Å². The average molecular weight is 180 g/mol. The molecule has 1 unspecified atom stereocenters. The van der Waals surface area contributed by atoms with Crippen LogP contribution in [0.25, 0.3) is 0 Å². The van der Waals surface area contributed by atoms with Gasteiger partial charge in [0.15, 0.2) is 6.73 Å². The molecule has 2 N–H and O–H groups in total. The maximum absolute atomic E-state index is 10.6. The smallest absolute Gasteiger partial charge is 0.304 e. The highest BCUT2D eigenvalue weighted by molar-refractivity contribution is 7.33. The molecule has 5 heteroatoms. The minimum atomic E-state index is -1.97. The van der Waals surface area contributed by atoms with E-state index in [0.29, 0.717) is 6.61 Å². The summed E-state index contributed by atoms with van der Waals surface area (Å²) in [5.41, 5.74) is 4.97. The van der Waals surface area contributed by atoms with Crippen molar-refractivity contribution < 1.29 is 13.6 Å². The van der Waals surface area contributed by atoms with Crippen molar-refractivity contribution in [3.05, 3.63) is 0 Å². The fourth-order valence-electron chi connectivity index (χ4n) is 0.589. The van der Waals surface area contributed by atoms with Crippen molar-refractivity contribution in [2.45, 2.75) is 26.2 Å². The highest BCUT2D eigenvalue weighted by Crippen LogP contribution is 2.22. The van der Waals surface area contributed by atoms with Crippen molar-refractivity contribution in [3.8, 4) is 0 Å². The minimum absolute atomic E-state index is 0.0526. The van der Waals surface area contributed by atoms with E-state index in [0.717, 1.165) is 19.3 Å². The molecule has 0 amide bonds. The van der Waals surface area contributed by atoms with Crippen LogP contribution in [0.3, 0.4) is 0 Å². The van der Waals surface area contributed by atoms with Gasteiger partial charge in [-0.3, -0.25) is 0 Å². The molecule has 0 saturated heterocycles. The molecule has 0 rings (SSSR count). The maximum Gasteiger partial charge on any atom is 0.698 e. The van der Waals surface area contributed by atoms with Gasteiger partial charge >= 0.3 is 8.25 Å². The highest BCUT2D eigenvalue weighted by atomic mass is 31.1. The predicted molar refractivity (Wildman–Crippen MR) is 43.2 cm³/mol. The summed E-state index contributed by atoms with van der Waals surface area (Å²) >= 11 is 0. The Hall–Kier alpha value is -0.0200. The normalized spacial score (nSPS) is 11.6. The third-order valence-electron chi connectivity index (χ3n) is 1.12. The minimum Gasteiger partial charge on any atom is -0.304 e. The lowest BCUT2D eigenvalue weighted by molar-refractivity contribution is 0.226. The summed E-state index contributed by atoms with van der Waals surface area (Å²) in [6, 6.07) is 0. The molecular formula is C6H15NO3P+. The topological polar surface area (TPSA) is 61.5 Å². The van der Waals surface area contributed by atoms with Crippen LogP contribution in [0.15, 0.2) is 0 Å². The summed E-state index contributed by atoms with van der Waals surface area (Å²) in [6.45, 7) is 2.53. The molecule has 0 heterocycles. The van der Waals surface area contributed by atoms with Gasteiger partial charge in [-0.1, -0.05) is 19.8 Å². The second-order valence-electron chi connectivity index (χ2n) is 2.06. The van der Waals surface area contributed by atoms with Crippen LogP contribution in [0.4, 0.5) is 0 Å². The summed E-state index contributed by atoms with van der Waals surface area (Å²) in [6.07, 6.45) is 3.13. The Morgan fingerprint density at radius 1 is 1.36 bits per heavy atom. The van der Waals surface area contributed by atoms with Gasteiger partial charge in [-0.15, -0.1) is 9.05 Å². The highest BCUT2D eigenvalue weighted by Gasteiger charge is 2.17. The quantitative estimate of drug-likeness (QED) is 0.368. The Bertz CT molecular complexity index is 110. The van der Waals surface area contributed by atoms with E-state index in [9.17, 15) is 4.57 Å². The lowest BCUT2D eigenvalue weighted by Crippen LogP contribution is -1.99. The Balaban J connectivity index is 3.04. The first-order valence-electron chi connectivity index (χ1n) is 3.74. The third-order valence-corrected chi connectivity index (χ3v) is 1.88. The van der Waals surface area contributed by atoms with Crippen LogP contribution in [0, 0.1) is 0 Å². The summed E-state index contributed by atoms with van der Waals surface area (Å²) in [7, 11) is -1.97. The van der Waals surface area contributed by atoms with Crippen molar-refractivity contribution in [3.63, 3.8) is 0 Å². The van der Waals surface area contributed by atoms with Gasteiger partial charge in [-0.05, 0) is 6.42 Å². The lowest BCUT2D eigenvalue weighted by atomic mass is 10.3. The molecule has 0 bridgehead atoms. The SMILES string of the molecule is CCCCCO[P+](=O)OCN. The Morgan fingerprint density at radius 3 is 2.64 bits per heavy atom. The van der Waals surface area contributed by atoms with Crippen LogP contribution >= 0.6 is 8.25 Å². The first kappa shape index (κ1) is 11.0. The van der Waals surface area contributed by atoms with Crippen molar-refractivity contribution in [2.24, 2.45) is 5.73 Å². The molecular weight excluding hydrogens is 165 g/mol. The van der Waals surface area contributed by atoms with Crippen molar-refractivity contribution in [2.75, 3.05) is 13.3 Å². The van der Waals surface area contributed by atoms with Crippen LogP contribution in [-0.2, 0) is 13.6 Å². The standard InChI is InChI=1S/C6H15NO3P/c1-2-3-4-5-9-11(8)10-6-7/h2-7H2,1H3/q+1. The van der Waals surface area contributed by atoms with Gasteiger partial charge in [-0.25, -0.2) is 0 Å². The van der Waals surface area contributed by atoms with E-state index in [1.54, 1.807) is 0 Å². The number of nitrogens with two attached hydrogens (primary N) is 1. The van der Waals surface area contributed by atoms with Crippen LogP contribution in [0.5, 0.6) is 0 Å². The monoisotopic (exact) mass is 180 g/mol. The molecule has 0 aromatic carbocycles. The molecule has 0 aromatic rings. The molecule has 0 aliphatic carbocycles. The van der Waals surface area contributed by atoms with Crippen molar-refractivity contribution >= 4 is 8.25 Å². The van der Waals surface area contributed by atoms with E-state index in [1.165, 1.54) is 0 Å². The Kier molecular flexibility index (Phi) is 8.07. The molecule has 11 heavy (non-hydrogen) atoms. The molecule has 0 aliphatic heterocycles. The number of unbranched alkanes of at least 4 members (excludes halogenated alkanes) is 2. The molecule has 0 aromatic heterocycles. The van der Waals surface area contributed by atoms with Crippen LogP contribution < -0.4 is 5.73 Å². The second-order valence-corrected chi connectivity index (χ2v) is 3.02. The first-order chi connectivity index (χ1) is 5.31. The second kappa shape index (κ2) is 8.08. The summed E-state index contributed by atoms with van der Waals surface area (Å²) in [5, 5.41) is 0. The van der Waals surface area contributed by atoms with E-state index >= 15 is 0 Å². The summed E-state index contributed by atoms with van der Waals surface area (Å²) in [5.74, 6) is 0. The van der Waals surface area contributed by atoms with E-state index in [1.807, 2.05) is 0 Å². The third kappa shape index (κ3) is 7.88. The summed E-state index contributed by atoms with van der Waals surface area (Å²) < 4.78 is 19.9. The van der Waals surface area contributed by atoms with Gasteiger partial charge in [-0.2, -0.15) is 0 Å². The number of rotatable bonds is 7. The molecule has 1 atom stereocenters. The molecule has 0 spiro atoms. The molecule has 4 nitrogen and oxygen atoms in total. The zero-order valence-corrected chi connectivity index (χ0v) is 7.68. The number of hydrogen-bond donors (Lipinski definition) is 1. The molecule has 0 aliphatic rings. The van der Waals surface area contributed by atoms with Crippen LogP contribution in [0.2, 0.25) is 0 Å². The van der Waals surface area contributed by atoms with E-state index in [2.05, 4.69) is 11.4 Å². The van der Waals surface area contributed by atoms with Gasteiger partial charge in [0.05, 0.1) is 0 Å². The first-order valence-corrected chi connectivity index (χ1v) is 4.84. The zero-order valence-electron chi connectivity index (χ0n) is 6.78. The van der Waals surface area contributed by atoms with Gasteiger partial charge in [0.25, 0.3) is 0 Å². The van der Waals surface area contributed by atoms with Crippen LogP contribution in [0.1, 0.15) is 26.2 Å². The average Bonchev–Trinajstić information content (AvgIpc) is 1.99. The number of hydrogen-bond acceptors (Lipinski definition) is 4. The predicted octanol–water partition coefficient (Wildman–Crippen LogP) is 1.78. The molecule has 0 saturated carbocycles. The van der Waals surface area contributed by atoms with E-state index in [4.69, 9.17) is 10.3 Å². The van der Waals surface area contributed by atoms with Gasteiger partial charge in [0.2, 0.25) is 0 Å². The Labute approximate surface area is 68.0 Å². The molecule has 0 radical (unpaired) electrons. The van der Waals surface area contributed by atoms with E-state index in [-0.39, 0.29) is 6.73 Å². The van der Waals surface area contributed by atoms with Gasteiger partial charge in [0.1, 0.15) is 6.61 Å². The Morgan fingerprint density at radius 2 is 2.09 bits per heavy atom. The fourth-order valence-corrected chi connectivity index (χ4v) is 1.06. The molecule has 0 fully saturated rings. The summed E-state index contributed by atoms with van der Waals surface area (Å²) in [4.78, 5) is 0. The zero-order chi connectivity index (χ0) is 8.53. The molecule has 66 valence electrons. The largest absolute Gasteiger partial charge is 0.698 e. The van der Waals surface area contributed by atoms with Crippen molar-refractivity contribution in [1.29, 1.82) is 0 Å². The van der Waals surface area contributed by atoms with Gasteiger partial charge < -0.3 is 5.73 Å². The maximum atomic E-state index is 10.6. The van der Waals surface area contributed by atoms with Crippen LogP contribution in [-0.4, -0.2) is 13.3 Å². The lowest BCUT2D eigenvalue weighted by Gasteiger charge is -1.89. The fraction of sp³-hybridized carbons (Fsp3) is 1.00. The van der Waals surface area contributed by atoms with Crippen molar-refractivity contribution in [1.82, 2.24) is 0 Å². The van der Waals surface area contributed by atoms with Gasteiger partial charge in [0, 0.05) is 4.57 Å².